The Kier molecular flexibility index (Phi) is 5.75. The van der Waals surface area contributed by atoms with E-state index >= 15 is 0 Å². The third-order valence-electron chi connectivity index (χ3n) is 7.36. The number of thiazole rings is 1. The van der Waals surface area contributed by atoms with E-state index in [4.69, 9.17) is 9.41 Å². The molecule has 0 saturated carbocycles. The van der Waals surface area contributed by atoms with Gasteiger partial charge in [0.1, 0.15) is 11.5 Å². The van der Waals surface area contributed by atoms with E-state index in [9.17, 15) is 18.0 Å². The number of benzene rings is 3. The number of aryl methyl sites for hydroxylation is 1. The van der Waals surface area contributed by atoms with E-state index in [1.807, 2.05) is 42.5 Å². The Morgan fingerprint density at radius 2 is 1.73 bits per heavy atom. The van der Waals surface area contributed by atoms with Crippen LogP contribution in [0, 0.1) is 0 Å². The van der Waals surface area contributed by atoms with Gasteiger partial charge in [-0.2, -0.15) is 13.2 Å². The molecule has 0 saturated heterocycles. The third kappa shape index (κ3) is 4.16. The molecule has 0 spiro atoms. The van der Waals surface area contributed by atoms with Crippen LogP contribution in [-0.2, 0) is 12.6 Å². The molecule has 1 atom stereocenters. The van der Waals surface area contributed by atoms with E-state index in [0.717, 1.165) is 47.4 Å². The second kappa shape index (κ2) is 9.34. The van der Waals surface area contributed by atoms with Crippen molar-refractivity contribution in [3.63, 3.8) is 0 Å². The minimum atomic E-state index is -4.45. The highest BCUT2D eigenvalue weighted by Crippen LogP contribution is 2.41. The van der Waals surface area contributed by atoms with Crippen LogP contribution >= 0.6 is 11.3 Å². The lowest BCUT2D eigenvalue weighted by molar-refractivity contribution is -0.137. The number of furan rings is 1. The second-order valence-corrected chi connectivity index (χ2v) is 10.8. The van der Waals surface area contributed by atoms with Crippen molar-refractivity contribution in [2.45, 2.75) is 25.1 Å². The van der Waals surface area contributed by atoms with E-state index in [1.54, 1.807) is 28.8 Å². The molecule has 7 rings (SSSR count). The van der Waals surface area contributed by atoms with Crippen molar-refractivity contribution in [3.05, 3.63) is 144 Å². The normalized spacial score (nSPS) is 16.8. The van der Waals surface area contributed by atoms with Crippen LogP contribution in [0.3, 0.4) is 0 Å². The zero-order valence-corrected chi connectivity index (χ0v) is 21.8. The molecular formula is C32H21F3N2O2S. The average Bonchev–Trinajstić information content (AvgIpc) is 3.56. The maximum atomic E-state index is 13.8. The van der Waals surface area contributed by atoms with E-state index in [2.05, 4.69) is 12.1 Å². The summed E-state index contributed by atoms with van der Waals surface area (Å²) in [5.41, 5.74) is 4.78. The van der Waals surface area contributed by atoms with Gasteiger partial charge in [-0.3, -0.25) is 9.36 Å². The van der Waals surface area contributed by atoms with Crippen molar-refractivity contribution >= 4 is 23.1 Å². The maximum Gasteiger partial charge on any atom is 0.416 e. The molecule has 5 aromatic rings. The van der Waals surface area contributed by atoms with Crippen molar-refractivity contribution in [2.75, 3.05) is 0 Å². The molecule has 0 unspecified atom stereocenters. The number of hydrogen-bond donors (Lipinski definition) is 0. The fourth-order valence-electron chi connectivity index (χ4n) is 5.52. The Morgan fingerprint density at radius 3 is 2.55 bits per heavy atom. The number of alkyl halides is 3. The lowest BCUT2D eigenvalue weighted by Gasteiger charge is -2.30. The van der Waals surface area contributed by atoms with E-state index in [0.29, 0.717) is 26.4 Å². The minimum Gasteiger partial charge on any atom is -0.457 e. The van der Waals surface area contributed by atoms with Gasteiger partial charge in [-0.15, -0.1) is 0 Å². The van der Waals surface area contributed by atoms with Gasteiger partial charge in [-0.1, -0.05) is 78.1 Å². The van der Waals surface area contributed by atoms with Crippen LogP contribution in [0.1, 0.15) is 40.5 Å². The summed E-state index contributed by atoms with van der Waals surface area (Å²) in [6, 6.07) is 26.2. The first kappa shape index (κ1) is 24.6. The van der Waals surface area contributed by atoms with Gasteiger partial charge in [-0.25, -0.2) is 4.99 Å². The summed E-state index contributed by atoms with van der Waals surface area (Å²) in [4.78, 5) is 19.4. The Labute approximate surface area is 230 Å². The van der Waals surface area contributed by atoms with E-state index < -0.39 is 11.7 Å². The summed E-state index contributed by atoms with van der Waals surface area (Å²) >= 11 is 1.28. The second-order valence-electron chi connectivity index (χ2n) is 9.80. The van der Waals surface area contributed by atoms with Crippen molar-refractivity contribution < 1.29 is 17.6 Å². The summed E-state index contributed by atoms with van der Waals surface area (Å²) in [6.07, 6.45) is -1.13. The molecule has 198 valence electrons. The Morgan fingerprint density at radius 1 is 0.925 bits per heavy atom. The van der Waals surface area contributed by atoms with Gasteiger partial charge in [0.05, 0.1) is 21.8 Å². The molecule has 3 aromatic carbocycles. The van der Waals surface area contributed by atoms with Gasteiger partial charge >= 0.3 is 6.18 Å². The van der Waals surface area contributed by atoms with Gasteiger partial charge in [0, 0.05) is 17.2 Å². The average molecular weight is 555 g/mol. The zero-order valence-electron chi connectivity index (χ0n) is 21.0. The first-order chi connectivity index (χ1) is 19.4. The number of nitrogens with zero attached hydrogens (tertiary/aromatic N) is 2. The zero-order chi connectivity index (χ0) is 27.4. The van der Waals surface area contributed by atoms with Crippen molar-refractivity contribution in [3.8, 4) is 11.3 Å². The van der Waals surface area contributed by atoms with Crippen LogP contribution in [0.2, 0.25) is 0 Å². The smallest absolute Gasteiger partial charge is 0.416 e. The number of halogens is 3. The minimum absolute atomic E-state index is 0.181. The standard InChI is InChI=1S/C32H21F3N2O2S/c33-32(34,35)22-11-6-10-21(17-22)26-16-14-23(39-26)18-27-30(38)37-29(20-8-2-1-3-9-20)25-15-13-19-7-4-5-12-24(19)28(25)36-31(37)40-27/h1-12,14,16-18,29H,13,15H2/b27-18-/t29-/m1/s1. The lowest BCUT2D eigenvalue weighted by Crippen LogP contribution is -2.38. The lowest BCUT2D eigenvalue weighted by atomic mass is 9.83. The van der Waals surface area contributed by atoms with Crippen molar-refractivity contribution in [1.29, 1.82) is 0 Å². The third-order valence-corrected chi connectivity index (χ3v) is 8.35. The molecule has 1 aliphatic carbocycles. The largest absolute Gasteiger partial charge is 0.457 e. The Balaban J connectivity index is 1.36. The van der Waals surface area contributed by atoms with Gasteiger partial charge in [-0.05, 0) is 53.8 Å². The molecule has 3 heterocycles. The van der Waals surface area contributed by atoms with E-state index in [1.165, 1.54) is 23.0 Å². The maximum absolute atomic E-state index is 13.8. The first-order valence-electron chi connectivity index (χ1n) is 12.8. The molecule has 0 N–H and O–H groups in total. The van der Waals surface area contributed by atoms with E-state index in [-0.39, 0.29) is 11.6 Å². The molecule has 0 amide bonds. The highest BCUT2D eigenvalue weighted by molar-refractivity contribution is 7.07. The topological polar surface area (TPSA) is 47.5 Å². The molecule has 40 heavy (non-hydrogen) atoms. The van der Waals surface area contributed by atoms with Crippen LogP contribution in [0.5, 0.6) is 0 Å². The van der Waals surface area contributed by atoms with Crippen LogP contribution in [0.25, 0.3) is 23.1 Å². The highest BCUT2D eigenvalue weighted by Gasteiger charge is 2.33. The molecule has 0 radical (unpaired) electrons. The fraction of sp³-hybridized carbons (Fsp3) is 0.125. The fourth-order valence-corrected chi connectivity index (χ4v) is 6.50. The van der Waals surface area contributed by atoms with Crippen molar-refractivity contribution in [1.82, 2.24) is 4.57 Å². The number of allylic oxidation sites excluding steroid dienone is 1. The summed E-state index contributed by atoms with van der Waals surface area (Å²) < 4.78 is 47.7. The molecule has 1 aliphatic heterocycles. The number of rotatable bonds is 3. The predicted octanol–water partition coefficient (Wildman–Crippen LogP) is 6.60. The number of fused-ring (bicyclic) bond motifs is 3. The monoisotopic (exact) mass is 554 g/mol. The van der Waals surface area contributed by atoms with Gasteiger partial charge in [0.2, 0.25) is 0 Å². The number of hydrogen-bond acceptors (Lipinski definition) is 4. The number of aromatic nitrogens is 1. The molecule has 8 heteroatoms. The van der Waals surface area contributed by atoms with Gasteiger partial charge in [0.25, 0.3) is 5.56 Å². The molecule has 2 aliphatic rings. The van der Waals surface area contributed by atoms with Gasteiger partial charge in [0.15, 0.2) is 4.80 Å². The summed E-state index contributed by atoms with van der Waals surface area (Å²) in [6.45, 7) is 0. The Bertz CT molecular complexity index is 1980. The molecular weight excluding hydrogens is 533 g/mol. The van der Waals surface area contributed by atoms with Crippen LogP contribution in [0.15, 0.2) is 111 Å². The SMILES string of the molecule is O=c1/c(=C/c2ccc(-c3cccc(C(F)(F)F)c3)o2)sc2n1[C@H](c1ccccc1)C1=C(N=2)c2ccccc2CC1. The van der Waals surface area contributed by atoms with Crippen LogP contribution in [-0.4, -0.2) is 4.57 Å². The summed E-state index contributed by atoms with van der Waals surface area (Å²) in [7, 11) is 0. The van der Waals surface area contributed by atoms with Gasteiger partial charge < -0.3 is 4.42 Å². The Hall–Kier alpha value is -4.43. The molecule has 0 fully saturated rings. The first-order valence-corrected chi connectivity index (χ1v) is 13.6. The highest BCUT2D eigenvalue weighted by atomic mass is 32.1. The quantitative estimate of drug-likeness (QED) is 0.252. The van der Waals surface area contributed by atoms with Crippen LogP contribution < -0.4 is 14.9 Å². The van der Waals surface area contributed by atoms with Crippen LogP contribution in [0.4, 0.5) is 13.2 Å². The predicted molar refractivity (Wildman–Crippen MR) is 148 cm³/mol. The molecule has 2 aromatic heterocycles. The summed E-state index contributed by atoms with van der Waals surface area (Å²) in [5, 5.41) is 0. The molecule has 4 nitrogen and oxygen atoms in total. The van der Waals surface area contributed by atoms with Crippen molar-refractivity contribution in [2.24, 2.45) is 4.99 Å². The molecule has 0 bridgehead atoms. The summed E-state index contributed by atoms with van der Waals surface area (Å²) in [5.74, 6) is 0.669.